The van der Waals surface area contributed by atoms with E-state index in [0.29, 0.717) is 11.6 Å². The number of hydrogen-bond donors (Lipinski definition) is 0. The molecule has 0 bridgehead atoms. The molecule has 3 nitrogen and oxygen atoms in total. The average Bonchev–Trinajstić information content (AvgIpc) is 2.36. The first-order valence-electron chi connectivity index (χ1n) is 4.04. The van der Waals surface area contributed by atoms with Crippen LogP contribution in [-0.2, 0) is 5.88 Å². The van der Waals surface area contributed by atoms with E-state index in [9.17, 15) is 0 Å². The molecule has 2 rings (SSSR count). The van der Waals surface area contributed by atoms with E-state index in [1.54, 1.807) is 12.3 Å². The molecule has 1 aromatic rings. The minimum atomic E-state index is -0.588. The zero-order valence-corrected chi connectivity index (χ0v) is 8.26. The van der Waals surface area contributed by atoms with Crippen molar-refractivity contribution in [2.24, 2.45) is 0 Å². The van der Waals surface area contributed by atoms with Crippen molar-refractivity contribution in [1.29, 1.82) is 0 Å². The van der Waals surface area contributed by atoms with Gasteiger partial charge in [-0.2, -0.15) is 0 Å². The lowest BCUT2D eigenvalue weighted by atomic mass is 10.3. The van der Waals surface area contributed by atoms with Crippen LogP contribution in [0.3, 0.4) is 0 Å². The van der Waals surface area contributed by atoms with Crippen LogP contribution in [0.4, 0.5) is 0 Å². The molecule has 70 valence electrons. The fraction of sp³-hybridized carbons (Fsp3) is 0.444. The van der Waals surface area contributed by atoms with Crippen LogP contribution in [0, 0.1) is 0 Å². The van der Waals surface area contributed by atoms with Crippen LogP contribution in [0.5, 0.6) is 11.5 Å². The maximum atomic E-state index is 5.64. The molecule has 0 amide bonds. The van der Waals surface area contributed by atoms with Crippen molar-refractivity contribution < 1.29 is 9.47 Å². The predicted molar refractivity (Wildman–Crippen MR) is 49.1 cm³/mol. The van der Waals surface area contributed by atoms with E-state index in [4.69, 9.17) is 21.1 Å². The summed E-state index contributed by atoms with van der Waals surface area (Å²) in [4.78, 5) is 4.10. The Morgan fingerprint density at radius 1 is 1.38 bits per heavy atom. The Morgan fingerprint density at radius 3 is 2.77 bits per heavy atom. The van der Waals surface area contributed by atoms with Crippen LogP contribution in [0.15, 0.2) is 12.3 Å². The van der Waals surface area contributed by atoms with Crippen LogP contribution in [0.2, 0.25) is 0 Å². The lowest BCUT2D eigenvalue weighted by Gasteiger charge is -2.15. The first-order chi connectivity index (χ1) is 6.11. The largest absolute Gasteiger partial charge is 0.449 e. The van der Waals surface area contributed by atoms with Gasteiger partial charge in [0.25, 0.3) is 0 Å². The molecular formula is C9H10ClNO2. The molecule has 1 aliphatic heterocycles. The maximum absolute atomic E-state index is 5.64. The molecule has 0 aliphatic carbocycles. The van der Waals surface area contributed by atoms with Gasteiger partial charge in [-0.15, -0.1) is 11.6 Å². The number of fused-ring (bicyclic) bond motifs is 1. The molecule has 0 spiro atoms. The normalized spacial score (nSPS) is 17.5. The quantitative estimate of drug-likeness (QED) is 0.651. The molecule has 0 saturated heterocycles. The van der Waals surface area contributed by atoms with Crippen LogP contribution < -0.4 is 9.47 Å². The first kappa shape index (κ1) is 8.63. The van der Waals surface area contributed by atoms with E-state index < -0.39 is 5.79 Å². The van der Waals surface area contributed by atoms with Gasteiger partial charge in [-0.05, 0) is 0 Å². The lowest BCUT2D eigenvalue weighted by molar-refractivity contribution is -0.0432. The highest BCUT2D eigenvalue weighted by Gasteiger charge is 2.31. The highest BCUT2D eigenvalue weighted by atomic mass is 35.5. The molecular weight excluding hydrogens is 190 g/mol. The highest BCUT2D eigenvalue weighted by molar-refractivity contribution is 6.16. The molecule has 0 atom stereocenters. The smallest absolute Gasteiger partial charge is 0.246 e. The fourth-order valence-corrected chi connectivity index (χ4v) is 1.39. The lowest BCUT2D eigenvalue weighted by Crippen LogP contribution is -2.29. The Bertz CT molecular complexity index is 338. The molecule has 1 aliphatic rings. The standard InChI is InChI=1S/C9H10ClNO2/c1-9(2)12-7-3-6(4-10)11-5-8(7)13-9/h3,5H,4H2,1-2H3. The van der Waals surface area contributed by atoms with Crippen molar-refractivity contribution >= 4 is 11.6 Å². The van der Waals surface area contributed by atoms with Gasteiger partial charge < -0.3 is 9.47 Å². The molecule has 13 heavy (non-hydrogen) atoms. The van der Waals surface area contributed by atoms with Gasteiger partial charge in [0.1, 0.15) is 0 Å². The molecule has 4 heteroatoms. The Labute approximate surface area is 81.6 Å². The van der Waals surface area contributed by atoms with Gasteiger partial charge in [0.15, 0.2) is 11.5 Å². The molecule has 1 aromatic heterocycles. The first-order valence-corrected chi connectivity index (χ1v) is 4.57. The van der Waals surface area contributed by atoms with Gasteiger partial charge in [-0.25, -0.2) is 0 Å². The third-order valence-electron chi connectivity index (χ3n) is 1.74. The summed E-state index contributed by atoms with van der Waals surface area (Å²) in [6.07, 6.45) is 1.64. The average molecular weight is 200 g/mol. The van der Waals surface area contributed by atoms with E-state index in [1.807, 2.05) is 13.8 Å². The van der Waals surface area contributed by atoms with Crippen molar-refractivity contribution in [3.8, 4) is 11.5 Å². The number of alkyl halides is 1. The second-order valence-electron chi connectivity index (χ2n) is 3.36. The zero-order chi connectivity index (χ0) is 9.47. The summed E-state index contributed by atoms with van der Waals surface area (Å²) in [5, 5.41) is 0. The number of hydrogen-bond acceptors (Lipinski definition) is 3. The molecule has 0 saturated carbocycles. The van der Waals surface area contributed by atoms with Gasteiger partial charge in [0.05, 0.1) is 17.8 Å². The second-order valence-corrected chi connectivity index (χ2v) is 3.63. The predicted octanol–water partition coefficient (Wildman–Crippen LogP) is 2.33. The Balaban J connectivity index is 2.36. The second kappa shape index (κ2) is 2.77. The van der Waals surface area contributed by atoms with Crippen molar-refractivity contribution in [2.45, 2.75) is 25.5 Å². The summed E-state index contributed by atoms with van der Waals surface area (Å²) in [5.41, 5.74) is 0.793. The van der Waals surface area contributed by atoms with Gasteiger partial charge in [0.2, 0.25) is 5.79 Å². The summed E-state index contributed by atoms with van der Waals surface area (Å²) in [5.74, 6) is 1.20. The number of pyridine rings is 1. The molecule has 0 unspecified atom stereocenters. The van der Waals surface area contributed by atoms with Gasteiger partial charge in [0, 0.05) is 19.9 Å². The summed E-state index contributed by atoms with van der Waals surface area (Å²) in [7, 11) is 0. The van der Waals surface area contributed by atoms with Crippen LogP contribution >= 0.6 is 11.6 Å². The topological polar surface area (TPSA) is 31.4 Å². The summed E-state index contributed by atoms with van der Waals surface area (Å²) in [6.45, 7) is 3.71. The Kier molecular flexibility index (Phi) is 1.84. The molecule has 0 radical (unpaired) electrons. The molecule has 0 aromatic carbocycles. The summed E-state index contributed by atoms with van der Waals surface area (Å²) >= 11 is 5.64. The maximum Gasteiger partial charge on any atom is 0.246 e. The summed E-state index contributed by atoms with van der Waals surface area (Å²) in [6, 6.07) is 1.80. The molecule has 0 fully saturated rings. The van der Waals surface area contributed by atoms with Gasteiger partial charge >= 0.3 is 0 Å². The summed E-state index contributed by atoms with van der Waals surface area (Å²) < 4.78 is 11.0. The van der Waals surface area contributed by atoms with Gasteiger partial charge in [-0.1, -0.05) is 0 Å². The minimum Gasteiger partial charge on any atom is -0.449 e. The van der Waals surface area contributed by atoms with Crippen molar-refractivity contribution in [2.75, 3.05) is 0 Å². The fourth-order valence-electron chi connectivity index (χ4n) is 1.24. The number of aromatic nitrogens is 1. The van der Waals surface area contributed by atoms with Crippen LogP contribution in [-0.4, -0.2) is 10.8 Å². The molecule has 2 heterocycles. The van der Waals surface area contributed by atoms with Crippen molar-refractivity contribution in [3.63, 3.8) is 0 Å². The third-order valence-corrected chi connectivity index (χ3v) is 2.01. The van der Waals surface area contributed by atoms with Crippen molar-refractivity contribution in [3.05, 3.63) is 18.0 Å². The number of ether oxygens (including phenoxy) is 2. The van der Waals surface area contributed by atoms with E-state index in [0.717, 1.165) is 11.4 Å². The monoisotopic (exact) mass is 199 g/mol. The number of rotatable bonds is 1. The minimum absolute atomic E-state index is 0.386. The van der Waals surface area contributed by atoms with E-state index in [2.05, 4.69) is 4.98 Å². The van der Waals surface area contributed by atoms with Crippen LogP contribution in [0.25, 0.3) is 0 Å². The SMILES string of the molecule is CC1(C)Oc2cnc(CCl)cc2O1. The number of halogens is 1. The van der Waals surface area contributed by atoms with Crippen molar-refractivity contribution in [1.82, 2.24) is 4.98 Å². The highest BCUT2D eigenvalue weighted by Crippen LogP contribution is 2.38. The van der Waals surface area contributed by atoms with Crippen LogP contribution in [0.1, 0.15) is 19.5 Å². The third kappa shape index (κ3) is 1.56. The molecule has 0 N–H and O–H groups in total. The Hall–Kier alpha value is -0.960. The van der Waals surface area contributed by atoms with Gasteiger partial charge in [-0.3, -0.25) is 4.98 Å². The Morgan fingerprint density at radius 2 is 2.08 bits per heavy atom. The van der Waals surface area contributed by atoms with E-state index >= 15 is 0 Å². The zero-order valence-electron chi connectivity index (χ0n) is 7.50. The van der Waals surface area contributed by atoms with E-state index in [1.165, 1.54) is 0 Å². The van der Waals surface area contributed by atoms with E-state index in [-0.39, 0.29) is 0 Å². The number of nitrogens with zero attached hydrogens (tertiary/aromatic N) is 1.